The number of halogens is 2. The smallest absolute Gasteiger partial charge is 0.271 e. The molecule has 120 valence electrons. The summed E-state index contributed by atoms with van der Waals surface area (Å²) in [5.74, 6) is 0.596. The maximum atomic E-state index is 12.1. The Morgan fingerprint density at radius 1 is 1.09 bits per heavy atom. The van der Waals surface area contributed by atoms with E-state index in [1.165, 1.54) is 20.4 Å². The first-order valence-corrected chi connectivity index (χ1v) is 7.32. The zero-order valence-corrected chi connectivity index (χ0v) is 14.0. The molecular weight excluding hydrogens is 339 g/mol. The fourth-order valence-electron chi connectivity index (χ4n) is 1.83. The van der Waals surface area contributed by atoms with Crippen LogP contribution in [-0.4, -0.2) is 26.3 Å². The van der Waals surface area contributed by atoms with Crippen LogP contribution >= 0.6 is 23.2 Å². The average molecular weight is 353 g/mol. The Hall–Kier alpha value is -2.24. The van der Waals surface area contributed by atoms with Crippen LogP contribution in [0.1, 0.15) is 15.9 Å². The molecule has 0 aliphatic heterocycles. The second kappa shape index (κ2) is 7.85. The van der Waals surface area contributed by atoms with Crippen LogP contribution in [0.5, 0.6) is 11.5 Å². The van der Waals surface area contributed by atoms with Crippen molar-refractivity contribution in [2.24, 2.45) is 5.10 Å². The summed E-state index contributed by atoms with van der Waals surface area (Å²) < 4.78 is 10.3. The lowest BCUT2D eigenvalue weighted by Crippen LogP contribution is -2.17. The summed E-state index contributed by atoms with van der Waals surface area (Å²) in [4.78, 5) is 12.1. The van der Waals surface area contributed by atoms with Gasteiger partial charge in [0.05, 0.1) is 30.5 Å². The SMILES string of the molecule is COc1ccc(C(=O)N/N=C/c2c(Cl)cccc2Cl)cc1OC. The van der Waals surface area contributed by atoms with Gasteiger partial charge in [0.25, 0.3) is 5.91 Å². The quantitative estimate of drug-likeness (QED) is 0.658. The number of hydrogen-bond donors (Lipinski definition) is 1. The standard InChI is InChI=1S/C16H14Cl2N2O3/c1-22-14-7-6-10(8-15(14)23-2)16(21)20-19-9-11-12(17)4-3-5-13(11)18/h3-9H,1-2H3,(H,20,21)/b19-9+. The molecule has 2 rings (SSSR count). The molecule has 23 heavy (non-hydrogen) atoms. The Morgan fingerprint density at radius 3 is 2.35 bits per heavy atom. The lowest BCUT2D eigenvalue weighted by molar-refractivity contribution is 0.0954. The fraction of sp³-hybridized carbons (Fsp3) is 0.125. The fourth-order valence-corrected chi connectivity index (χ4v) is 2.33. The highest BCUT2D eigenvalue weighted by Gasteiger charge is 2.10. The molecule has 0 radical (unpaired) electrons. The number of carbonyl (C=O) groups excluding carboxylic acids is 1. The first-order valence-electron chi connectivity index (χ1n) is 6.56. The molecule has 7 heteroatoms. The number of nitrogens with zero attached hydrogens (tertiary/aromatic N) is 1. The molecule has 0 bridgehead atoms. The predicted molar refractivity (Wildman–Crippen MR) is 91.1 cm³/mol. The van der Waals surface area contributed by atoms with Crippen LogP contribution in [0.3, 0.4) is 0 Å². The molecule has 0 aromatic heterocycles. The Morgan fingerprint density at radius 2 is 1.74 bits per heavy atom. The predicted octanol–water partition coefficient (Wildman–Crippen LogP) is 3.77. The van der Waals surface area contributed by atoms with Crippen molar-refractivity contribution in [2.45, 2.75) is 0 Å². The first-order chi connectivity index (χ1) is 11.1. The van der Waals surface area contributed by atoms with Gasteiger partial charge in [-0.05, 0) is 30.3 Å². The van der Waals surface area contributed by atoms with E-state index in [0.29, 0.717) is 32.7 Å². The summed E-state index contributed by atoms with van der Waals surface area (Å²) in [6, 6.07) is 9.91. The monoisotopic (exact) mass is 352 g/mol. The first kappa shape index (κ1) is 17.1. The van der Waals surface area contributed by atoms with Crippen LogP contribution in [-0.2, 0) is 0 Å². The Kier molecular flexibility index (Phi) is 5.84. The van der Waals surface area contributed by atoms with Crippen molar-refractivity contribution in [1.29, 1.82) is 0 Å². The third-order valence-corrected chi connectivity index (χ3v) is 3.66. The topological polar surface area (TPSA) is 59.9 Å². The summed E-state index contributed by atoms with van der Waals surface area (Å²) in [6.07, 6.45) is 1.39. The number of methoxy groups -OCH3 is 2. The van der Waals surface area contributed by atoms with Gasteiger partial charge in [-0.1, -0.05) is 29.3 Å². The number of hydrogen-bond acceptors (Lipinski definition) is 4. The van der Waals surface area contributed by atoms with E-state index < -0.39 is 5.91 Å². The molecule has 2 aromatic rings. The summed E-state index contributed by atoms with van der Waals surface area (Å²) in [5.41, 5.74) is 3.32. The molecule has 0 saturated carbocycles. The Labute approximate surface area is 143 Å². The van der Waals surface area contributed by atoms with Gasteiger partial charge in [0.2, 0.25) is 0 Å². The van der Waals surface area contributed by atoms with Crippen molar-refractivity contribution in [1.82, 2.24) is 5.43 Å². The number of hydrazone groups is 1. The van der Waals surface area contributed by atoms with Crippen LogP contribution in [0.2, 0.25) is 10.0 Å². The van der Waals surface area contributed by atoms with E-state index in [-0.39, 0.29) is 0 Å². The number of nitrogens with one attached hydrogen (secondary N) is 1. The molecule has 0 fully saturated rings. The molecule has 0 atom stereocenters. The molecule has 0 aliphatic carbocycles. The van der Waals surface area contributed by atoms with Crippen LogP contribution in [0.25, 0.3) is 0 Å². The van der Waals surface area contributed by atoms with Gasteiger partial charge in [-0.2, -0.15) is 5.10 Å². The van der Waals surface area contributed by atoms with Gasteiger partial charge in [0, 0.05) is 11.1 Å². The van der Waals surface area contributed by atoms with Crippen molar-refractivity contribution < 1.29 is 14.3 Å². The number of rotatable bonds is 5. The molecule has 1 amide bonds. The van der Waals surface area contributed by atoms with Crippen molar-refractivity contribution >= 4 is 35.3 Å². The molecule has 5 nitrogen and oxygen atoms in total. The third-order valence-electron chi connectivity index (χ3n) is 3.01. The van der Waals surface area contributed by atoms with E-state index in [1.807, 2.05) is 0 Å². The molecule has 1 N–H and O–H groups in total. The maximum Gasteiger partial charge on any atom is 0.271 e. The highest BCUT2D eigenvalue weighted by atomic mass is 35.5. The average Bonchev–Trinajstić information content (AvgIpc) is 2.56. The normalized spacial score (nSPS) is 10.6. The molecule has 0 aliphatic rings. The van der Waals surface area contributed by atoms with Gasteiger partial charge in [0.15, 0.2) is 11.5 Å². The van der Waals surface area contributed by atoms with Crippen molar-refractivity contribution in [3.63, 3.8) is 0 Å². The molecule has 2 aromatic carbocycles. The molecule has 0 unspecified atom stereocenters. The van der Waals surface area contributed by atoms with Gasteiger partial charge in [-0.15, -0.1) is 0 Å². The van der Waals surface area contributed by atoms with E-state index in [9.17, 15) is 4.79 Å². The van der Waals surface area contributed by atoms with E-state index in [0.717, 1.165) is 0 Å². The van der Waals surface area contributed by atoms with Crippen molar-refractivity contribution in [3.05, 3.63) is 57.6 Å². The molecular formula is C16H14Cl2N2O3. The van der Waals surface area contributed by atoms with Crippen LogP contribution in [0.15, 0.2) is 41.5 Å². The minimum absolute atomic E-state index is 0.380. The van der Waals surface area contributed by atoms with E-state index in [2.05, 4.69) is 10.5 Å². The maximum absolute atomic E-state index is 12.1. The van der Waals surface area contributed by atoms with Gasteiger partial charge in [-0.25, -0.2) is 5.43 Å². The van der Waals surface area contributed by atoms with Gasteiger partial charge >= 0.3 is 0 Å². The molecule has 0 saturated heterocycles. The third kappa shape index (κ3) is 4.15. The van der Waals surface area contributed by atoms with Crippen LogP contribution < -0.4 is 14.9 Å². The number of benzene rings is 2. The van der Waals surface area contributed by atoms with Gasteiger partial charge < -0.3 is 9.47 Å². The van der Waals surface area contributed by atoms with Gasteiger partial charge in [0.1, 0.15) is 0 Å². The van der Waals surface area contributed by atoms with Crippen molar-refractivity contribution in [2.75, 3.05) is 14.2 Å². The van der Waals surface area contributed by atoms with E-state index in [1.54, 1.807) is 36.4 Å². The lowest BCUT2D eigenvalue weighted by Gasteiger charge is -2.08. The number of ether oxygens (including phenoxy) is 2. The number of amides is 1. The zero-order valence-electron chi connectivity index (χ0n) is 12.5. The second-order valence-corrected chi connectivity index (χ2v) is 5.22. The minimum Gasteiger partial charge on any atom is -0.493 e. The van der Waals surface area contributed by atoms with Crippen LogP contribution in [0, 0.1) is 0 Å². The highest BCUT2D eigenvalue weighted by Crippen LogP contribution is 2.27. The lowest BCUT2D eigenvalue weighted by atomic mass is 10.2. The Bertz CT molecular complexity index is 728. The molecule has 0 spiro atoms. The summed E-state index contributed by atoms with van der Waals surface area (Å²) >= 11 is 12.0. The van der Waals surface area contributed by atoms with Crippen LogP contribution in [0.4, 0.5) is 0 Å². The summed E-state index contributed by atoms with van der Waals surface area (Å²) in [7, 11) is 3.02. The summed E-state index contributed by atoms with van der Waals surface area (Å²) in [6.45, 7) is 0. The van der Waals surface area contributed by atoms with E-state index >= 15 is 0 Å². The Balaban J connectivity index is 2.12. The largest absolute Gasteiger partial charge is 0.493 e. The highest BCUT2D eigenvalue weighted by molar-refractivity contribution is 6.38. The van der Waals surface area contributed by atoms with Crippen molar-refractivity contribution in [3.8, 4) is 11.5 Å². The second-order valence-electron chi connectivity index (χ2n) is 4.40. The molecule has 0 heterocycles. The number of carbonyl (C=O) groups is 1. The zero-order chi connectivity index (χ0) is 16.8. The van der Waals surface area contributed by atoms with E-state index in [4.69, 9.17) is 32.7 Å². The minimum atomic E-state index is -0.398. The van der Waals surface area contributed by atoms with Gasteiger partial charge in [-0.3, -0.25) is 4.79 Å². The summed E-state index contributed by atoms with van der Waals surface area (Å²) in [5, 5.41) is 4.76.